The van der Waals surface area contributed by atoms with E-state index >= 15 is 0 Å². The molecule has 0 aliphatic heterocycles. The number of carbonyl (C=O) groups excluding carboxylic acids is 1. The minimum atomic E-state index is -0.841. The summed E-state index contributed by atoms with van der Waals surface area (Å²) in [5.41, 5.74) is -0.237. The SMILES string of the molecule is C=CCOC(=O)/C(=N/O)c1ccc([N+](=O)[O-])cc1. The van der Waals surface area contributed by atoms with E-state index in [1.54, 1.807) is 0 Å². The van der Waals surface area contributed by atoms with Crippen LogP contribution in [0.5, 0.6) is 0 Å². The van der Waals surface area contributed by atoms with Crippen molar-refractivity contribution in [3.63, 3.8) is 0 Å². The largest absolute Gasteiger partial charge is 0.457 e. The number of hydrogen-bond donors (Lipinski definition) is 1. The summed E-state index contributed by atoms with van der Waals surface area (Å²) in [4.78, 5) is 21.3. The summed E-state index contributed by atoms with van der Waals surface area (Å²) in [7, 11) is 0. The Labute approximate surface area is 102 Å². The second-order valence-electron chi connectivity index (χ2n) is 3.14. The molecule has 1 rings (SSSR count). The van der Waals surface area contributed by atoms with Crippen molar-refractivity contribution in [2.75, 3.05) is 6.61 Å². The maximum atomic E-state index is 11.5. The van der Waals surface area contributed by atoms with Crippen LogP contribution in [0.1, 0.15) is 5.56 Å². The molecule has 0 heterocycles. The number of esters is 1. The van der Waals surface area contributed by atoms with Crippen LogP contribution in [0.25, 0.3) is 0 Å². The third-order valence-electron chi connectivity index (χ3n) is 1.98. The van der Waals surface area contributed by atoms with E-state index in [2.05, 4.69) is 11.7 Å². The van der Waals surface area contributed by atoms with Crippen LogP contribution in [-0.4, -0.2) is 28.4 Å². The second-order valence-corrected chi connectivity index (χ2v) is 3.14. The van der Waals surface area contributed by atoms with E-state index in [0.29, 0.717) is 0 Å². The highest BCUT2D eigenvalue weighted by Crippen LogP contribution is 2.13. The normalized spacial score (nSPS) is 10.8. The van der Waals surface area contributed by atoms with E-state index in [1.165, 1.54) is 30.3 Å². The summed E-state index contributed by atoms with van der Waals surface area (Å²) in [5, 5.41) is 22.0. The van der Waals surface area contributed by atoms with E-state index in [1.807, 2.05) is 0 Å². The Balaban J connectivity index is 2.93. The van der Waals surface area contributed by atoms with Crippen LogP contribution in [0.15, 0.2) is 42.1 Å². The molecule has 0 aliphatic carbocycles. The number of nitro benzene ring substituents is 1. The predicted molar refractivity (Wildman–Crippen MR) is 62.6 cm³/mol. The third-order valence-corrected chi connectivity index (χ3v) is 1.98. The van der Waals surface area contributed by atoms with Crippen LogP contribution in [0.2, 0.25) is 0 Å². The fourth-order valence-corrected chi connectivity index (χ4v) is 1.16. The molecular weight excluding hydrogens is 240 g/mol. The summed E-state index contributed by atoms with van der Waals surface area (Å²) in [6, 6.07) is 4.98. The van der Waals surface area contributed by atoms with Crippen LogP contribution < -0.4 is 0 Å². The van der Waals surface area contributed by atoms with Gasteiger partial charge in [0.05, 0.1) is 4.92 Å². The molecule has 1 aromatic carbocycles. The Kier molecular flexibility index (Phi) is 4.56. The van der Waals surface area contributed by atoms with Crippen molar-refractivity contribution in [2.45, 2.75) is 0 Å². The van der Waals surface area contributed by atoms with Gasteiger partial charge in [-0.3, -0.25) is 10.1 Å². The van der Waals surface area contributed by atoms with Crippen molar-refractivity contribution in [1.82, 2.24) is 0 Å². The van der Waals surface area contributed by atoms with Crippen LogP contribution >= 0.6 is 0 Å². The van der Waals surface area contributed by atoms with Crippen molar-refractivity contribution in [2.24, 2.45) is 5.16 Å². The zero-order valence-corrected chi connectivity index (χ0v) is 9.28. The van der Waals surface area contributed by atoms with Crippen LogP contribution in [0.4, 0.5) is 5.69 Å². The number of nitro groups is 1. The average Bonchev–Trinajstić information content (AvgIpc) is 2.37. The van der Waals surface area contributed by atoms with Crippen LogP contribution in [0, 0.1) is 10.1 Å². The van der Waals surface area contributed by atoms with Gasteiger partial charge in [-0.05, 0) is 12.1 Å². The molecular formula is C11H10N2O5. The number of non-ortho nitro benzene ring substituents is 1. The van der Waals surface area contributed by atoms with E-state index in [9.17, 15) is 14.9 Å². The molecule has 0 saturated carbocycles. The zero-order valence-electron chi connectivity index (χ0n) is 9.28. The Morgan fingerprint density at radius 1 is 1.50 bits per heavy atom. The number of carbonyl (C=O) groups is 1. The summed E-state index contributed by atoms with van der Waals surface area (Å²) in [6.45, 7) is 3.34. The first-order chi connectivity index (χ1) is 8.60. The van der Waals surface area contributed by atoms with Gasteiger partial charge in [0, 0.05) is 17.7 Å². The Hall–Kier alpha value is -2.70. The minimum absolute atomic E-state index is 0.0230. The molecule has 0 amide bonds. The minimum Gasteiger partial charge on any atom is -0.457 e. The summed E-state index contributed by atoms with van der Waals surface area (Å²) >= 11 is 0. The van der Waals surface area contributed by atoms with Crippen LogP contribution in [-0.2, 0) is 9.53 Å². The molecule has 0 atom stereocenters. The first-order valence-corrected chi connectivity index (χ1v) is 4.85. The molecule has 0 aliphatic rings. The van der Waals surface area contributed by atoms with Gasteiger partial charge in [0.2, 0.25) is 0 Å². The molecule has 0 aromatic heterocycles. The van der Waals surface area contributed by atoms with Crippen molar-refractivity contribution in [3.05, 3.63) is 52.6 Å². The van der Waals surface area contributed by atoms with Gasteiger partial charge in [-0.2, -0.15) is 0 Å². The fraction of sp³-hybridized carbons (Fsp3) is 0.0909. The monoisotopic (exact) mass is 250 g/mol. The van der Waals surface area contributed by atoms with Gasteiger partial charge in [0.25, 0.3) is 5.69 Å². The molecule has 7 heteroatoms. The van der Waals surface area contributed by atoms with E-state index < -0.39 is 10.9 Å². The molecule has 1 N–H and O–H groups in total. The second kappa shape index (κ2) is 6.14. The fourth-order valence-electron chi connectivity index (χ4n) is 1.16. The molecule has 0 spiro atoms. The van der Waals surface area contributed by atoms with Gasteiger partial charge in [0.1, 0.15) is 6.61 Å². The summed E-state index contributed by atoms with van der Waals surface area (Å²) in [5.74, 6) is -0.841. The molecule has 94 valence electrons. The number of nitrogens with zero attached hydrogens (tertiary/aromatic N) is 2. The van der Waals surface area contributed by atoms with Gasteiger partial charge >= 0.3 is 5.97 Å². The van der Waals surface area contributed by atoms with Gasteiger partial charge in [-0.25, -0.2) is 4.79 Å². The molecule has 7 nitrogen and oxygen atoms in total. The highest BCUT2D eigenvalue weighted by Gasteiger charge is 2.17. The van der Waals surface area contributed by atoms with Gasteiger partial charge in [-0.15, -0.1) is 0 Å². The molecule has 1 aromatic rings. The van der Waals surface area contributed by atoms with Crippen molar-refractivity contribution in [1.29, 1.82) is 0 Å². The first kappa shape index (κ1) is 13.4. The third kappa shape index (κ3) is 3.14. The van der Waals surface area contributed by atoms with Crippen molar-refractivity contribution >= 4 is 17.4 Å². The van der Waals surface area contributed by atoms with Gasteiger partial charge < -0.3 is 9.94 Å². The molecule has 0 saturated heterocycles. The standard InChI is InChI=1S/C11H10N2O5/c1-2-7-18-11(14)10(12-15)8-3-5-9(6-4-8)13(16)17/h2-6,15H,1,7H2/b12-10+. The smallest absolute Gasteiger partial charge is 0.361 e. The topological polar surface area (TPSA) is 102 Å². The lowest BCUT2D eigenvalue weighted by Gasteiger charge is -2.03. The summed E-state index contributed by atoms with van der Waals surface area (Å²) < 4.78 is 4.69. The Morgan fingerprint density at radius 2 is 2.11 bits per heavy atom. The molecule has 0 fully saturated rings. The lowest BCUT2D eigenvalue weighted by atomic mass is 10.1. The van der Waals surface area contributed by atoms with Gasteiger partial charge in [0.15, 0.2) is 5.71 Å². The number of benzene rings is 1. The Bertz CT molecular complexity index is 493. The van der Waals surface area contributed by atoms with E-state index in [-0.39, 0.29) is 23.6 Å². The van der Waals surface area contributed by atoms with Crippen molar-refractivity contribution in [3.8, 4) is 0 Å². The molecule has 18 heavy (non-hydrogen) atoms. The van der Waals surface area contributed by atoms with E-state index in [0.717, 1.165) is 0 Å². The van der Waals surface area contributed by atoms with Crippen molar-refractivity contribution < 1.29 is 19.7 Å². The first-order valence-electron chi connectivity index (χ1n) is 4.85. The highest BCUT2D eigenvalue weighted by molar-refractivity contribution is 6.43. The predicted octanol–water partition coefficient (Wildman–Crippen LogP) is 1.50. The quantitative estimate of drug-likeness (QED) is 0.213. The molecule has 0 radical (unpaired) electrons. The lowest BCUT2D eigenvalue weighted by Crippen LogP contribution is -2.19. The number of oxime groups is 1. The average molecular weight is 250 g/mol. The highest BCUT2D eigenvalue weighted by atomic mass is 16.6. The van der Waals surface area contributed by atoms with Crippen LogP contribution in [0.3, 0.4) is 0 Å². The molecule has 0 bridgehead atoms. The number of hydrogen-bond acceptors (Lipinski definition) is 6. The molecule has 0 unspecified atom stereocenters. The lowest BCUT2D eigenvalue weighted by molar-refractivity contribution is -0.384. The maximum Gasteiger partial charge on any atom is 0.361 e. The number of rotatable bonds is 5. The maximum absolute atomic E-state index is 11.5. The van der Waals surface area contributed by atoms with E-state index in [4.69, 9.17) is 9.94 Å². The number of ether oxygens (including phenoxy) is 1. The summed E-state index contributed by atoms with van der Waals surface area (Å²) in [6.07, 6.45) is 1.36. The Morgan fingerprint density at radius 3 is 2.56 bits per heavy atom. The zero-order chi connectivity index (χ0) is 13.5. The van der Waals surface area contributed by atoms with Gasteiger partial charge in [-0.1, -0.05) is 17.8 Å².